The van der Waals surface area contributed by atoms with Crippen LogP contribution >= 0.6 is 0 Å². The molecule has 0 fully saturated rings. The van der Waals surface area contributed by atoms with Crippen molar-refractivity contribution in [2.24, 2.45) is 0 Å². The molecule has 0 saturated carbocycles. The first-order valence-electron chi connectivity index (χ1n) is 8.49. The molecule has 0 aliphatic heterocycles. The molecule has 0 aliphatic rings. The van der Waals surface area contributed by atoms with E-state index in [9.17, 15) is 18.0 Å². The highest BCUT2D eigenvalue weighted by Gasteiger charge is 2.22. The lowest BCUT2D eigenvalue weighted by molar-refractivity contribution is -0.152. The first-order chi connectivity index (χ1) is 12.0. The number of nitrogens with zero attached hydrogens (tertiary/aromatic N) is 1. The zero-order valence-electron chi connectivity index (χ0n) is 16.2. The van der Waals surface area contributed by atoms with E-state index in [-0.39, 0.29) is 22.9 Å². The number of rotatable bonds is 8. The van der Waals surface area contributed by atoms with E-state index in [4.69, 9.17) is 4.74 Å². The molecule has 0 heterocycles. The van der Waals surface area contributed by atoms with Gasteiger partial charge in [0.25, 0.3) is 5.91 Å². The highest BCUT2D eigenvalue weighted by molar-refractivity contribution is 7.89. The number of esters is 1. The number of benzene rings is 1. The minimum absolute atomic E-state index is 0.0236. The normalized spacial score (nSPS) is 11.7. The molecule has 0 atom stereocenters. The van der Waals surface area contributed by atoms with Crippen molar-refractivity contribution in [3.8, 4) is 0 Å². The summed E-state index contributed by atoms with van der Waals surface area (Å²) in [5.41, 5.74) is 1.81. The third-order valence-corrected chi connectivity index (χ3v) is 5.35. The molecule has 1 aromatic rings. The second-order valence-electron chi connectivity index (χ2n) is 6.72. The van der Waals surface area contributed by atoms with Crippen molar-refractivity contribution in [1.29, 1.82) is 0 Å². The SMILES string of the molecule is Cc1ccc(S(=O)(=O)NCC(=O)OCC(=O)N(C(C)C)C(C)C)cc1C. The van der Waals surface area contributed by atoms with Crippen LogP contribution in [0.15, 0.2) is 23.1 Å². The standard InChI is InChI=1S/C18H28N2O5S/c1-12(2)20(13(3)4)17(21)11-25-18(22)10-19-26(23,24)16-8-7-14(5)15(6)9-16/h7-9,12-13,19H,10-11H2,1-6H3. The van der Waals surface area contributed by atoms with Crippen molar-refractivity contribution in [3.05, 3.63) is 29.3 Å². The number of nitrogens with one attached hydrogen (secondary N) is 1. The van der Waals surface area contributed by atoms with Crippen LogP contribution in [0.4, 0.5) is 0 Å². The van der Waals surface area contributed by atoms with Gasteiger partial charge in [0, 0.05) is 12.1 Å². The Morgan fingerprint density at radius 3 is 2.15 bits per heavy atom. The summed E-state index contributed by atoms with van der Waals surface area (Å²) in [5.74, 6) is -1.13. The van der Waals surface area contributed by atoms with Gasteiger partial charge < -0.3 is 9.64 Å². The third kappa shape index (κ3) is 6.10. The van der Waals surface area contributed by atoms with E-state index in [1.807, 2.05) is 41.5 Å². The van der Waals surface area contributed by atoms with Crippen molar-refractivity contribution < 1.29 is 22.7 Å². The Morgan fingerprint density at radius 1 is 1.08 bits per heavy atom. The predicted molar refractivity (Wildman–Crippen MR) is 99.2 cm³/mol. The van der Waals surface area contributed by atoms with Gasteiger partial charge in [-0.15, -0.1) is 0 Å². The zero-order valence-corrected chi connectivity index (χ0v) is 17.0. The monoisotopic (exact) mass is 384 g/mol. The molecule has 26 heavy (non-hydrogen) atoms. The van der Waals surface area contributed by atoms with Crippen LogP contribution in [0.1, 0.15) is 38.8 Å². The van der Waals surface area contributed by atoms with Crippen LogP contribution in [0.3, 0.4) is 0 Å². The number of carbonyl (C=O) groups excluding carboxylic acids is 2. The van der Waals surface area contributed by atoms with Crippen LogP contribution < -0.4 is 4.72 Å². The van der Waals surface area contributed by atoms with Crippen LogP contribution in [0.25, 0.3) is 0 Å². The minimum atomic E-state index is -3.82. The summed E-state index contributed by atoms with van der Waals surface area (Å²) in [7, 11) is -3.82. The summed E-state index contributed by atoms with van der Waals surface area (Å²) in [5, 5.41) is 0. The van der Waals surface area contributed by atoms with Crippen LogP contribution in [0, 0.1) is 13.8 Å². The van der Waals surface area contributed by atoms with Gasteiger partial charge in [0.2, 0.25) is 10.0 Å². The summed E-state index contributed by atoms with van der Waals surface area (Å²) in [4.78, 5) is 25.6. The highest BCUT2D eigenvalue weighted by Crippen LogP contribution is 2.14. The maximum atomic E-state index is 12.2. The van der Waals surface area contributed by atoms with Crippen LogP contribution in [0.5, 0.6) is 0 Å². The molecule has 7 nitrogen and oxygen atoms in total. The molecule has 1 rings (SSSR count). The van der Waals surface area contributed by atoms with Gasteiger partial charge in [-0.3, -0.25) is 9.59 Å². The quantitative estimate of drug-likeness (QED) is 0.690. The fourth-order valence-electron chi connectivity index (χ4n) is 2.56. The molecule has 8 heteroatoms. The smallest absolute Gasteiger partial charge is 0.321 e. The van der Waals surface area contributed by atoms with E-state index in [1.54, 1.807) is 11.0 Å². The summed E-state index contributed by atoms with van der Waals surface area (Å²) >= 11 is 0. The molecule has 0 saturated heterocycles. The number of ether oxygens (including phenoxy) is 1. The Balaban J connectivity index is 2.60. The summed E-state index contributed by atoms with van der Waals surface area (Å²) in [6.07, 6.45) is 0. The zero-order chi connectivity index (χ0) is 20.1. The predicted octanol–water partition coefficient (Wildman–Crippen LogP) is 1.77. The molecular formula is C18H28N2O5S. The fraction of sp³-hybridized carbons (Fsp3) is 0.556. The molecule has 0 aromatic heterocycles. The van der Waals surface area contributed by atoms with E-state index < -0.39 is 29.1 Å². The van der Waals surface area contributed by atoms with E-state index >= 15 is 0 Å². The maximum Gasteiger partial charge on any atom is 0.321 e. The third-order valence-electron chi connectivity index (χ3n) is 3.95. The Hall–Kier alpha value is -1.93. The number of carbonyl (C=O) groups is 2. The summed E-state index contributed by atoms with van der Waals surface area (Å²) in [6.45, 7) is 10.2. The second kappa shape index (κ2) is 9.14. The lowest BCUT2D eigenvalue weighted by Crippen LogP contribution is -2.44. The molecule has 1 aromatic carbocycles. The van der Waals surface area contributed by atoms with E-state index in [1.165, 1.54) is 12.1 Å². The average molecular weight is 384 g/mol. The van der Waals surface area contributed by atoms with Gasteiger partial charge >= 0.3 is 5.97 Å². The molecule has 0 aliphatic carbocycles. The summed E-state index contributed by atoms with van der Waals surface area (Å²) in [6, 6.07) is 4.67. The van der Waals surface area contributed by atoms with Gasteiger partial charge in [-0.05, 0) is 64.8 Å². The molecule has 0 unspecified atom stereocenters. The van der Waals surface area contributed by atoms with E-state index in [0.717, 1.165) is 11.1 Å². The van der Waals surface area contributed by atoms with Crippen LogP contribution in [-0.4, -0.2) is 50.4 Å². The Labute approximate surface area is 155 Å². The fourth-order valence-corrected chi connectivity index (χ4v) is 3.61. The van der Waals surface area contributed by atoms with Crippen molar-refractivity contribution in [2.45, 2.75) is 58.5 Å². The first-order valence-corrected chi connectivity index (χ1v) is 9.97. The average Bonchev–Trinajstić information content (AvgIpc) is 2.52. The second-order valence-corrected chi connectivity index (χ2v) is 8.49. The molecule has 1 amide bonds. The van der Waals surface area contributed by atoms with Crippen LogP contribution in [0.2, 0.25) is 0 Å². The number of sulfonamides is 1. The largest absolute Gasteiger partial charge is 0.455 e. The lowest BCUT2D eigenvalue weighted by Gasteiger charge is -2.30. The van der Waals surface area contributed by atoms with Crippen LogP contribution in [-0.2, 0) is 24.3 Å². The lowest BCUT2D eigenvalue weighted by atomic mass is 10.1. The number of hydrogen-bond acceptors (Lipinski definition) is 5. The Morgan fingerprint density at radius 2 is 1.65 bits per heavy atom. The highest BCUT2D eigenvalue weighted by atomic mass is 32.2. The van der Waals surface area contributed by atoms with E-state index in [2.05, 4.69) is 4.72 Å². The van der Waals surface area contributed by atoms with Gasteiger partial charge in [-0.1, -0.05) is 6.07 Å². The Kier molecular flexibility index (Phi) is 7.77. The Bertz CT molecular complexity index is 749. The first kappa shape index (κ1) is 22.1. The molecular weight excluding hydrogens is 356 g/mol. The molecule has 1 N–H and O–H groups in total. The minimum Gasteiger partial charge on any atom is -0.455 e. The summed E-state index contributed by atoms with van der Waals surface area (Å²) < 4.78 is 31.6. The van der Waals surface area contributed by atoms with Gasteiger partial charge in [0.05, 0.1) is 4.90 Å². The van der Waals surface area contributed by atoms with E-state index in [0.29, 0.717) is 0 Å². The van der Waals surface area contributed by atoms with Gasteiger partial charge in [0.1, 0.15) is 6.54 Å². The van der Waals surface area contributed by atoms with Gasteiger partial charge in [-0.2, -0.15) is 4.72 Å². The maximum absolute atomic E-state index is 12.2. The number of hydrogen-bond donors (Lipinski definition) is 1. The molecule has 0 radical (unpaired) electrons. The molecule has 0 spiro atoms. The van der Waals surface area contributed by atoms with Crippen molar-refractivity contribution in [3.63, 3.8) is 0 Å². The van der Waals surface area contributed by atoms with Gasteiger partial charge in [0.15, 0.2) is 6.61 Å². The molecule has 0 bridgehead atoms. The topological polar surface area (TPSA) is 92.8 Å². The number of aryl methyl sites for hydroxylation is 2. The number of amides is 1. The molecule has 146 valence electrons. The van der Waals surface area contributed by atoms with Gasteiger partial charge in [-0.25, -0.2) is 8.42 Å². The van der Waals surface area contributed by atoms with Crippen molar-refractivity contribution in [1.82, 2.24) is 9.62 Å². The van der Waals surface area contributed by atoms with Crippen molar-refractivity contribution in [2.75, 3.05) is 13.2 Å². The van der Waals surface area contributed by atoms with Crippen molar-refractivity contribution >= 4 is 21.9 Å².